The number of nitrogens with zero attached hydrogens (tertiary/aromatic N) is 1. The largest absolute Gasteiger partial charge is 0.370 e. The molecule has 0 radical (unpaired) electrons. The zero-order valence-corrected chi connectivity index (χ0v) is 14.2. The smallest absolute Gasteiger partial charge is 0.242 e. The topological polar surface area (TPSA) is 75.4 Å². The number of hydrogen-bond donors (Lipinski definition) is 2. The molecule has 1 rings (SSSR count). The van der Waals surface area contributed by atoms with E-state index in [4.69, 9.17) is 5.73 Å². The second-order valence-electron chi connectivity index (χ2n) is 5.62. The van der Waals surface area contributed by atoms with Crippen LogP contribution in [0, 0.1) is 5.92 Å². The Morgan fingerprint density at radius 3 is 2.38 bits per heavy atom. The highest BCUT2D eigenvalue weighted by molar-refractivity contribution is 7.89. The van der Waals surface area contributed by atoms with E-state index in [0.717, 1.165) is 18.8 Å². The van der Waals surface area contributed by atoms with E-state index in [2.05, 4.69) is 16.5 Å². The van der Waals surface area contributed by atoms with Crippen molar-refractivity contribution in [2.75, 3.05) is 24.5 Å². The predicted molar refractivity (Wildman–Crippen MR) is 88.0 cm³/mol. The van der Waals surface area contributed by atoms with Crippen molar-refractivity contribution in [3.8, 4) is 0 Å². The molecule has 120 valence electrons. The molecule has 21 heavy (non-hydrogen) atoms. The van der Waals surface area contributed by atoms with Gasteiger partial charge in [-0.25, -0.2) is 13.1 Å². The molecule has 0 aromatic heterocycles. The standard InChI is InChI=1S/C15H27N3O2S/c1-5-18(11-13(4)10-16)14-8-6-7-9-15(14)21(19,20)17-12(2)3/h6-9,12-13,17H,5,10-11,16H2,1-4H3. The van der Waals surface area contributed by atoms with Crippen LogP contribution in [0.2, 0.25) is 0 Å². The Kier molecular flexibility index (Phi) is 6.64. The van der Waals surface area contributed by atoms with Gasteiger partial charge in [0.1, 0.15) is 4.90 Å². The van der Waals surface area contributed by atoms with E-state index in [-0.39, 0.29) is 6.04 Å². The van der Waals surface area contributed by atoms with E-state index in [1.54, 1.807) is 12.1 Å². The summed E-state index contributed by atoms with van der Waals surface area (Å²) in [7, 11) is -3.51. The third kappa shape index (κ3) is 4.98. The molecule has 1 atom stereocenters. The zero-order valence-electron chi connectivity index (χ0n) is 13.3. The first-order valence-electron chi connectivity index (χ1n) is 7.38. The normalized spacial score (nSPS) is 13.4. The van der Waals surface area contributed by atoms with Crippen LogP contribution in [0.5, 0.6) is 0 Å². The highest BCUT2D eigenvalue weighted by Gasteiger charge is 2.22. The molecule has 6 heteroatoms. The summed E-state index contributed by atoms with van der Waals surface area (Å²) in [4.78, 5) is 2.39. The number of nitrogens with one attached hydrogen (secondary N) is 1. The van der Waals surface area contributed by atoms with Gasteiger partial charge in [0.15, 0.2) is 0 Å². The summed E-state index contributed by atoms with van der Waals surface area (Å²) >= 11 is 0. The molecule has 0 bridgehead atoms. The maximum Gasteiger partial charge on any atom is 0.242 e. The molecule has 3 N–H and O–H groups in total. The van der Waals surface area contributed by atoms with Crippen LogP contribution < -0.4 is 15.4 Å². The van der Waals surface area contributed by atoms with Crippen LogP contribution in [0.3, 0.4) is 0 Å². The molecule has 1 aromatic rings. The number of benzene rings is 1. The number of sulfonamides is 1. The van der Waals surface area contributed by atoms with E-state index < -0.39 is 10.0 Å². The van der Waals surface area contributed by atoms with Gasteiger partial charge >= 0.3 is 0 Å². The Labute approximate surface area is 128 Å². The SMILES string of the molecule is CCN(CC(C)CN)c1ccccc1S(=O)(=O)NC(C)C. The van der Waals surface area contributed by atoms with Crippen LogP contribution in [0.25, 0.3) is 0 Å². The lowest BCUT2D eigenvalue weighted by atomic mass is 10.1. The Bertz CT molecular complexity index is 544. The summed E-state index contributed by atoms with van der Waals surface area (Å²) in [6, 6.07) is 6.97. The molecule has 0 amide bonds. The lowest BCUT2D eigenvalue weighted by Crippen LogP contribution is -2.35. The van der Waals surface area contributed by atoms with Gasteiger partial charge in [0.25, 0.3) is 0 Å². The van der Waals surface area contributed by atoms with Gasteiger partial charge in [0.2, 0.25) is 10.0 Å². The second-order valence-corrected chi connectivity index (χ2v) is 7.31. The number of hydrogen-bond acceptors (Lipinski definition) is 4. The molecular formula is C15H27N3O2S. The van der Waals surface area contributed by atoms with Crippen LogP contribution in [-0.2, 0) is 10.0 Å². The summed E-state index contributed by atoms with van der Waals surface area (Å²) in [6.45, 7) is 9.76. The van der Waals surface area contributed by atoms with Crippen molar-refractivity contribution in [1.82, 2.24) is 4.72 Å². The van der Waals surface area contributed by atoms with Gasteiger partial charge in [-0.1, -0.05) is 19.1 Å². The first-order chi connectivity index (χ1) is 9.81. The average molecular weight is 313 g/mol. The molecule has 0 saturated heterocycles. The number of para-hydroxylation sites is 1. The van der Waals surface area contributed by atoms with Crippen LogP contribution in [0.1, 0.15) is 27.7 Å². The Balaban J connectivity index is 3.19. The van der Waals surface area contributed by atoms with E-state index >= 15 is 0 Å². The van der Waals surface area contributed by atoms with E-state index in [1.807, 2.05) is 32.9 Å². The quantitative estimate of drug-likeness (QED) is 0.767. The number of rotatable bonds is 8. The maximum absolute atomic E-state index is 12.5. The molecule has 0 aliphatic rings. The van der Waals surface area contributed by atoms with Gasteiger partial charge in [-0.15, -0.1) is 0 Å². The highest BCUT2D eigenvalue weighted by Crippen LogP contribution is 2.25. The van der Waals surface area contributed by atoms with Crippen molar-refractivity contribution in [3.63, 3.8) is 0 Å². The molecule has 0 aliphatic heterocycles. The fraction of sp³-hybridized carbons (Fsp3) is 0.600. The van der Waals surface area contributed by atoms with Gasteiger partial charge in [-0.05, 0) is 45.4 Å². The molecule has 0 fully saturated rings. The minimum atomic E-state index is -3.51. The first kappa shape index (κ1) is 17.9. The van der Waals surface area contributed by atoms with Crippen molar-refractivity contribution in [2.45, 2.75) is 38.6 Å². The molecule has 0 spiro atoms. The van der Waals surface area contributed by atoms with Gasteiger partial charge in [-0.2, -0.15) is 0 Å². The number of anilines is 1. The van der Waals surface area contributed by atoms with Gasteiger partial charge in [0.05, 0.1) is 5.69 Å². The summed E-state index contributed by atoms with van der Waals surface area (Å²) in [5, 5.41) is 0. The fourth-order valence-corrected chi connectivity index (χ4v) is 3.65. The summed E-state index contributed by atoms with van der Waals surface area (Å²) in [5.74, 6) is 0.304. The Morgan fingerprint density at radius 1 is 1.24 bits per heavy atom. The third-order valence-corrected chi connectivity index (χ3v) is 4.91. The summed E-state index contributed by atoms with van der Waals surface area (Å²) in [5.41, 5.74) is 6.42. The fourth-order valence-electron chi connectivity index (χ4n) is 2.17. The Morgan fingerprint density at radius 2 is 1.86 bits per heavy atom. The second kappa shape index (κ2) is 7.77. The van der Waals surface area contributed by atoms with Crippen molar-refractivity contribution in [1.29, 1.82) is 0 Å². The van der Waals surface area contributed by atoms with Crippen LogP contribution in [-0.4, -0.2) is 34.1 Å². The van der Waals surface area contributed by atoms with Crippen molar-refractivity contribution < 1.29 is 8.42 Å². The minimum Gasteiger partial charge on any atom is -0.370 e. The molecule has 0 aliphatic carbocycles. The molecule has 0 saturated carbocycles. The van der Waals surface area contributed by atoms with Gasteiger partial charge < -0.3 is 10.6 Å². The molecule has 1 aromatic carbocycles. The lowest BCUT2D eigenvalue weighted by molar-refractivity contribution is 0.562. The van der Waals surface area contributed by atoms with E-state index in [0.29, 0.717) is 17.4 Å². The monoisotopic (exact) mass is 313 g/mol. The molecule has 1 unspecified atom stereocenters. The Hall–Kier alpha value is -1.11. The van der Waals surface area contributed by atoms with E-state index in [9.17, 15) is 8.42 Å². The number of nitrogens with two attached hydrogens (primary N) is 1. The van der Waals surface area contributed by atoms with Gasteiger partial charge in [-0.3, -0.25) is 0 Å². The average Bonchev–Trinajstić information content (AvgIpc) is 2.43. The molecule has 0 heterocycles. The minimum absolute atomic E-state index is 0.138. The highest BCUT2D eigenvalue weighted by atomic mass is 32.2. The first-order valence-corrected chi connectivity index (χ1v) is 8.86. The van der Waals surface area contributed by atoms with Crippen molar-refractivity contribution in [3.05, 3.63) is 24.3 Å². The third-order valence-electron chi connectivity index (χ3n) is 3.20. The van der Waals surface area contributed by atoms with Crippen LogP contribution in [0.15, 0.2) is 29.2 Å². The maximum atomic E-state index is 12.5. The summed E-state index contributed by atoms with van der Waals surface area (Å²) in [6.07, 6.45) is 0. The van der Waals surface area contributed by atoms with Crippen molar-refractivity contribution in [2.24, 2.45) is 11.7 Å². The van der Waals surface area contributed by atoms with Crippen LogP contribution >= 0.6 is 0 Å². The van der Waals surface area contributed by atoms with Crippen molar-refractivity contribution >= 4 is 15.7 Å². The molecule has 5 nitrogen and oxygen atoms in total. The predicted octanol–water partition coefficient (Wildman–Crippen LogP) is 1.79. The van der Waals surface area contributed by atoms with Crippen LogP contribution in [0.4, 0.5) is 5.69 Å². The lowest BCUT2D eigenvalue weighted by Gasteiger charge is -2.28. The summed E-state index contributed by atoms with van der Waals surface area (Å²) < 4.78 is 27.6. The van der Waals surface area contributed by atoms with Gasteiger partial charge in [0, 0.05) is 19.1 Å². The zero-order chi connectivity index (χ0) is 16.0. The van der Waals surface area contributed by atoms with E-state index in [1.165, 1.54) is 0 Å². The molecular weight excluding hydrogens is 286 g/mol.